The number of benzene rings is 21. The van der Waals surface area contributed by atoms with Gasteiger partial charge in [-0.05, 0) is 378 Å². The molecule has 102 heavy (non-hydrogen) atoms. The molecule has 0 radical (unpaired) electrons. The van der Waals surface area contributed by atoms with E-state index in [9.17, 15) is 0 Å². The minimum absolute atomic E-state index is 0.00249. The minimum atomic E-state index is -1.84. The molecule has 1 saturated carbocycles. The van der Waals surface area contributed by atoms with E-state index in [4.69, 9.17) is 9.47 Å². The summed E-state index contributed by atoms with van der Waals surface area (Å²) in [6.07, 6.45) is 8.81. The van der Waals surface area contributed by atoms with Crippen LogP contribution in [0.25, 0.3) is 321 Å². The zero-order valence-corrected chi connectivity index (χ0v) is 59.9. The normalized spacial score (nSPS) is 22.1. The molecule has 31 aromatic rings. The molecule has 0 saturated heterocycles. The highest BCUT2D eigenvalue weighted by atomic mass is 32.3. The molecule has 0 N–H and O–H groups in total. The third-order valence-corrected chi connectivity index (χ3v) is 41.4. The van der Waals surface area contributed by atoms with Gasteiger partial charge in [0.2, 0.25) is 0 Å². The fourth-order valence-corrected chi connectivity index (χ4v) is 40.0. The quantitative estimate of drug-likeness (QED) is 0.0599. The van der Waals surface area contributed by atoms with Crippen LogP contribution >= 0.6 is 94.1 Å². The third-order valence-electron chi connectivity index (χ3n) is 30.9. The molecule has 7 aliphatic rings. The van der Waals surface area contributed by atoms with Crippen LogP contribution < -0.4 is 10.4 Å². The van der Waals surface area contributed by atoms with Crippen molar-refractivity contribution in [3.8, 4) is 0 Å². The van der Waals surface area contributed by atoms with E-state index in [1.807, 2.05) is 101 Å². The molecule has 0 unspecified atom stereocenters. The predicted octanol–water partition coefficient (Wildman–Crippen LogP) is 24.7. The van der Waals surface area contributed by atoms with Gasteiger partial charge in [0.25, 0.3) is 0 Å². The number of hydrogen-bond acceptors (Lipinski definition) is 12. The number of fused-ring (bicyclic) bond motifs is 2. The highest BCUT2D eigenvalue weighted by Crippen LogP contribution is 2.97. The van der Waals surface area contributed by atoms with Crippen molar-refractivity contribution in [3.63, 3.8) is 0 Å². The van der Waals surface area contributed by atoms with Gasteiger partial charge in [0.1, 0.15) is 6.61 Å². The standard InChI is InChI=1S/C90H26O4S8/c1-6-93-86(91)90(87(92)94-14-15-11-12-18-19(13-15)21(81-101-84(97-4)85(98-5)102-81)17-10-8-7-9-16(17)20(18)80-99-82(95-2)83(96-3)100-80)88-76-68-60-50-40-32-24-22-23-26-30-28(24)36-44-38(30)48-42-34(26)35-27(23)31-29-25(22)33(32)41-47-37(29)45-39(31)49-43(35)53-52(42)62-56(48)66-58(44)64(54(60)46(36)40)72(76)74(66)78-70(62)71-63(53)57(49)67-59(45)65-55(47)61(51(41)50)69(68)77(88)73(65)75(67)79(71)89(78,88)90/h7-13H,6,14H2,1-5H3. The minimum Gasteiger partial charge on any atom is -0.465 e. The topological polar surface area (TPSA) is 52.6 Å². The van der Waals surface area contributed by atoms with Crippen LogP contribution in [0.15, 0.2) is 59.4 Å². The van der Waals surface area contributed by atoms with Crippen molar-refractivity contribution in [1.82, 2.24) is 0 Å². The molecule has 2 aliphatic heterocycles. The molecule has 4 nitrogen and oxygen atoms in total. The van der Waals surface area contributed by atoms with Gasteiger partial charge in [-0.2, -0.15) is 0 Å². The third kappa shape index (κ3) is 3.26. The lowest BCUT2D eigenvalue weighted by Gasteiger charge is -2.32. The molecule has 0 aromatic heterocycles. The van der Waals surface area contributed by atoms with Crippen molar-refractivity contribution >= 4 is 427 Å². The Kier molecular flexibility index (Phi) is 5.94. The van der Waals surface area contributed by atoms with Gasteiger partial charge in [0.15, 0.2) is 5.41 Å². The first kappa shape index (κ1) is 47.8. The number of thioether (sulfide) groups is 8. The van der Waals surface area contributed by atoms with Crippen molar-refractivity contribution in [1.29, 1.82) is 0 Å². The number of rotatable bonds is 9. The van der Waals surface area contributed by atoms with Crippen molar-refractivity contribution in [3.05, 3.63) is 97.7 Å². The Morgan fingerprint density at radius 3 is 0.775 bits per heavy atom. The van der Waals surface area contributed by atoms with E-state index in [0.717, 1.165) is 10.9 Å². The van der Waals surface area contributed by atoms with Crippen molar-refractivity contribution < 1.29 is 19.1 Å². The smallest absolute Gasteiger partial charge is 0.326 e. The van der Waals surface area contributed by atoms with E-state index in [1.165, 1.54) is 311 Å². The summed E-state index contributed by atoms with van der Waals surface area (Å²) in [6.45, 7) is 2.11. The molecule has 2 spiro atoms. The molecule has 0 bridgehead atoms. The van der Waals surface area contributed by atoms with Crippen molar-refractivity contribution in [2.45, 2.75) is 24.4 Å². The molecular weight excluding hydrogens is 1400 g/mol. The van der Waals surface area contributed by atoms with Crippen LogP contribution in [0, 0.1) is 5.41 Å². The van der Waals surface area contributed by atoms with Gasteiger partial charge < -0.3 is 9.47 Å². The van der Waals surface area contributed by atoms with Gasteiger partial charge >= 0.3 is 11.9 Å². The molecule has 38 rings (SSSR count). The highest BCUT2D eigenvalue weighted by Gasteiger charge is 3.01. The summed E-state index contributed by atoms with van der Waals surface area (Å²) in [5.74, 6) is -0.846. The number of ether oxygens (including phenoxy) is 2. The molecular formula is C90H26O4S8. The van der Waals surface area contributed by atoms with Gasteiger partial charge in [-0.3, -0.25) is 9.59 Å². The molecule has 2 heterocycles. The summed E-state index contributed by atoms with van der Waals surface area (Å²) in [5.41, 5.74) is 1.74. The van der Waals surface area contributed by atoms with E-state index < -0.39 is 28.2 Å². The van der Waals surface area contributed by atoms with E-state index in [2.05, 4.69) is 67.5 Å². The van der Waals surface area contributed by atoms with Crippen LogP contribution in [0.5, 0.6) is 0 Å². The maximum absolute atomic E-state index is 18.3. The average molecular weight is 1430 g/mol. The Morgan fingerprint density at radius 1 is 0.304 bits per heavy atom. The molecule has 31 aromatic carbocycles. The molecule has 1 fully saturated rings. The number of hydrogen-bond donors (Lipinski definition) is 0. The van der Waals surface area contributed by atoms with Gasteiger partial charge in [-0.15, -0.1) is 47.0 Å². The fourth-order valence-electron chi connectivity index (χ4n) is 29.8. The summed E-state index contributed by atoms with van der Waals surface area (Å²) < 4.78 is 22.5. The largest absolute Gasteiger partial charge is 0.465 e. The lowest BCUT2D eigenvalue weighted by molar-refractivity contribution is -0.167. The number of carbonyl (C=O) groups is 2. The Hall–Kier alpha value is -8.40. The van der Waals surface area contributed by atoms with Gasteiger partial charge in [-0.25, -0.2) is 0 Å². The first-order chi connectivity index (χ1) is 50.4. The van der Waals surface area contributed by atoms with Crippen molar-refractivity contribution in [2.24, 2.45) is 5.41 Å². The first-order valence-corrected chi connectivity index (χ1v) is 43.8. The summed E-state index contributed by atoms with van der Waals surface area (Å²) in [7, 11) is 0. The van der Waals surface area contributed by atoms with Crippen LogP contribution in [-0.4, -0.2) is 43.6 Å². The highest BCUT2D eigenvalue weighted by molar-refractivity contribution is 8.46. The molecule has 458 valence electrons. The lowest BCUT2D eigenvalue weighted by atomic mass is 9.68. The molecule has 0 amide bonds. The second kappa shape index (κ2) is 12.7. The van der Waals surface area contributed by atoms with Gasteiger partial charge in [-0.1, -0.05) is 83.4 Å². The van der Waals surface area contributed by atoms with Crippen LogP contribution in [0.2, 0.25) is 0 Å². The van der Waals surface area contributed by atoms with Crippen LogP contribution in [0.1, 0.15) is 34.7 Å². The Balaban J connectivity index is 0.740. The van der Waals surface area contributed by atoms with Gasteiger partial charge in [0, 0.05) is 10.4 Å². The zero-order chi connectivity index (χ0) is 64.1. The van der Waals surface area contributed by atoms with Crippen LogP contribution in [0.4, 0.5) is 0 Å². The average Bonchev–Trinajstić information content (AvgIpc) is 1.35. The lowest BCUT2D eigenvalue weighted by Crippen LogP contribution is -2.38. The van der Waals surface area contributed by atoms with Gasteiger partial charge in [0.05, 0.1) is 42.9 Å². The second-order valence-electron chi connectivity index (χ2n) is 32.4. The molecule has 12 heteroatoms. The van der Waals surface area contributed by atoms with E-state index in [-0.39, 0.29) is 13.2 Å². The second-order valence-corrected chi connectivity index (χ2v) is 41.3. The monoisotopic (exact) mass is 1430 g/mol. The van der Waals surface area contributed by atoms with E-state index in [0.29, 0.717) is 0 Å². The molecule has 5 aliphatic carbocycles. The summed E-state index contributed by atoms with van der Waals surface area (Å²) in [6, 6.07) is 16.0. The Labute approximate surface area is 599 Å². The van der Waals surface area contributed by atoms with Crippen LogP contribution in [-0.2, 0) is 36.5 Å². The van der Waals surface area contributed by atoms with E-state index in [1.54, 1.807) is 53.9 Å². The van der Waals surface area contributed by atoms with Crippen LogP contribution in [0.3, 0.4) is 0 Å². The van der Waals surface area contributed by atoms with Crippen molar-refractivity contribution in [2.75, 3.05) is 31.6 Å². The zero-order valence-electron chi connectivity index (χ0n) is 53.4. The number of carbonyl (C=O) groups excluding carboxylic acids is 2. The summed E-state index contributed by atoms with van der Waals surface area (Å²) in [5, 5.41) is 86.7. The first-order valence-electron chi connectivity index (χ1n) is 35.6. The SMILES string of the molecule is CCOC(=O)C1(C(=O)OCc2ccc3c(=C4SC(SC)=C(SC)S4)c4ccccc4c(=C4SC(SC)=C(SC)S4)c3c2)C23c4c5c6c7c8c9c(c%10c%11c2c2c4c4c%12c5c5c6c6c8c8c%13c9c9c%10c%10c%11c%11c2c2c4c4c%12c%12c5c5c6c8c6c8c%13c9c9c%10c%10c%11c2c2c4c4c%12c5c6c5c8c9c%10c2c45)C713. The summed E-state index contributed by atoms with van der Waals surface area (Å²) >= 11 is 14.9. The van der Waals surface area contributed by atoms with E-state index >= 15 is 9.59 Å². The Bertz CT molecular complexity index is 8990. The maximum atomic E-state index is 18.3. The fraction of sp³-hybridized carbons (Fsp3) is 0.111. The summed E-state index contributed by atoms with van der Waals surface area (Å²) in [4.78, 5) is 36.1. The molecule has 0 atom stereocenters. The predicted molar refractivity (Wildman–Crippen MR) is 449 cm³/mol. The Morgan fingerprint density at radius 2 is 0.529 bits per heavy atom. The maximum Gasteiger partial charge on any atom is 0.326 e. The number of esters is 2.